The zero-order chi connectivity index (χ0) is 15.8. The number of esters is 3. The Labute approximate surface area is 123 Å². The van der Waals surface area contributed by atoms with E-state index in [4.69, 9.17) is 14.2 Å². The number of ether oxygens (including phenoxy) is 3. The second-order valence-corrected chi connectivity index (χ2v) is 4.42. The molecule has 0 unspecified atom stereocenters. The normalized spacial score (nSPS) is 11.4. The Morgan fingerprint density at radius 2 is 1.48 bits per heavy atom. The summed E-state index contributed by atoms with van der Waals surface area (Å²) >= 11 is 0. The summed E-state index contributed by atoms with van der Waals surface area (Å²) in [7, 11) is 0. The topological polar surface area (TPSA) is 78.9 Å². The van der Waals surface area contributed by atoms with Crippen LogP contribution < -0.4 is 0 Å². The minimum absolute atomic E-state index is 0.0434. The van der Waals surface area contributed by atoms with Crippen LogP contribution in [0.4, 0.5) is 0 Å². The SMILES string of the molecule is CC(=O)OCc1ccc([C@@H](COC(C)=O)OC(C)=O)cc1. The van der Waals surface area contributed by atoms with Gasteiger partial charge in [0.25, 0.3) is 0 Å². The van der Waals surface area contributed by atoms with Crippen LogP contribution in [0.2, 0.25) is 0 Å². The van der Waals surface area contributed by atoms with Crippen LogP contribution in [-0.2, 0) is 35.2 Å². The van der Waals surface area contributed by atoms with Crippen LogP contribution in [0.1, 0.15) is 38.0 Å². The number of hydrogen-bond acceptors (Lipinski definition) is 6. The van der Waals surface area contributed by atoms with Gasteiger partial charge in [0.2, 0.25) is 0 Å². The fraction of sp³-hybridized carbons (Fsp3) is 0.400. The molecule has 0 aliphatic carbocycles. The summed E-state index contributed by atoms with van der Waals surface area (Å²) < 4.78 is 14.9. The number of carbonyl (C=O) groups is 3. The first-order valence-electron chi connectivity index (χ1n) is 6.41. The molecule has 0 heterocycles. The van der Waals surface area contributed by atoms with Gasteiger partial charge in [-0.15, -0.1) is 0 Å². The highest BCUT2D eigenvalue weighted by Gasteiger charge is 2.16. The van der Waals surface area contributed by atoms with Crippen molar-refractivity contribution >= 4 is 17.9 Å². The van der Waals surface area contributed by atoms with Crippen LogP contribution in [0.3, 0.4) is 0 Å². The molecule has 6 nitrogen and oxygen atoms in total. The van der Waals surface area contributed by atoms with Gasteiger partial charge < -0.3 is 14.2 Å². The number of carbonyl (C=O) groups excluding carboxylic acids is 3. The molecule has 0 N–H and O–H groups in total. The highest BCUT2D eigenvalue weighted by Crippen LogP contribution is 2.19. The van der Waals surface area contributed by atoms with Crippen molar-refractivity contribution in [2.75, 3.05) is 6.61 Å². The second kappa shape index (κ2) is 8.04. The monoisotopic (exact) mass is 294 g/mol. The quantitative estimate of drug-likeness (QED) is 0.589. The predicted molar refractivity (Wildman–Crippen MR) is 73.1 cm³/mol. The fourth-order valence-electron chi connectivity index (χ4n) is 1.61. The van der Waals surface area contributed by atoms with E-state index in [1.165, 1.54) is 20.8 Å². The summed E-state index contributed by atoms with van der Waals surface area (Å²) in [5.41, 5.74) is 1.50. The third kappa shape index (κ3) is 6.56. The van der Waals surface area contributed by atoms with E-state index in [9.17, 15) is 14.4 Å². The molecule has 0 fully saturated rings. The molecule has 6 heteroatoms. The van der Waals surface area contributed by atoms with Crippen LogP contribution in [0.5, 0.6) is 0 Å². The Morgan fingerprint density at radius 3 is 1.95 bits per heavy atom. The maximum Gasteiger partial charge on any atom is 0.303 e. The van der Waals surface area contributed by atoms with Crippen molar-refractivity contribution in [1.82, 2.24) is 0 Å². The molecular weight excluding hydrogens is 276 g/mol. The molecule has 0 bridgehead atoms. The molecule has 1 rings (SSSR count). The summed E-state index contributed by atoms with van der Waals surface area (Å²) in [6, 6.07) is 6.97. The van der Waals surface area contributed by atoms with E-state index in [0.29, 0.717) is 5.56 Å². The Hall–Kier alpha value is -2.37. The summed E-state index contributed by atoms with van der Waals surface area (Å²) in [4.78, 5) is 32.7. The molecule has 114 valence electrons. The van der Waals surface area contributed by atoms with E-state index in [-0.39, 0.29) is 19.2 Å². The first-order valence-corrected chi connectivity index (χ1v) is 6.41. The maximum atomic E-state index is 11.1. The minimum atomic E-state index is -0.658. The van der Waals surface area contributed by atoms with Crippen molar-refractivity contribution in [3.63, 3.8) is 0 Å². The molecule has 0 aromatic heterocycles. The molecule has 21 heavy (non-hydrogen) atoms. The van der Waals surface area contributed by atoms with Crippen molar-refractivity contribution in [2.45, 2.75) is 33.5 Å². The lowest BCUT2D eigenvalue weighted by Crippen LogP contribution is -2.16. The van der Waals surface area contributed by atoms with Crippen LogP contribution in [-0.4, -0.2) is 24.5 Å². The molecule has 1 atom stereocenters. The molecule has 0 radical (unpaired) electrons. The molecule has 0 aliphatic heterocycles. The fourth-order valence-corrected chi connectivity index (χ4v) is 1.61. The third-order valence-electron chi connectivity index (χ3n) is 2.54. The van der Waals surface area contributed by atoms with Crippen LogP contribution >= 0.6 is 0 Å². The molecule has 0 spiro atoms. The molecule has 0 aliphatic rings. The van der Waals surface area contributed by atoms with Gasteiger partial charge in [-0.2, -0.15) is 0 Å². The van der Waals surface area contributed by atoms with Crippen molar-refractivity contribution in [3.05, 3.63) is 35.4 Å². The maximum absolute atomic E-state index is 11.1. The Balaban J connectivity index is 2.74. The molecule has 0 saturated heterocycles. The van der Waals surface area contributed by atoms with E-state index >= 15 is 0 Å². The van der Waals surface area contributed by atoms with E-state index in [2.05, 4.69) is 0 Å². The molecular formula is C15H18O6. The van der Waals surface area contributed by atoms with Gasteiger partial charge in [0.05, 0.1) is 0 Å². The van der Waals surface area contributed by atoms with Crippen molar-refractivity contribution in [1.29, 1.82) is 0 Å². The van der Waals surface area contributed by atoms with E-state index in [0.717, 1.165) is 5.56 Å². The molecule has 1 aromatic rings. The van der Waals surface area contributed by atoms with Gasteiger partial charge in [-0.25, -0.2) is 0 Å². The molecule has 1 aromatic carbocycles. The van der Waals surface area contributed by atoms with Gasteiger partial charge in [-0.05, 0) is 11.1 Å². The van der Waals surface area contributed by atoms with Gasteiger partial charge in [0, 0.05) is 20.8 Å². The zero-order valence-corrected chi connectivity index (χ0v) is 12.3. The van der Waals surface area contributed by atoms with Gasteiger partial charge in [0.1, 0.15) is 13.2 Å². The predicted octanol–water partition coefficient (Wildman–Crippen LogP) is 1.92. The average Bonchev–Trinajstić information content (AvgIpc) is 2.41. The smallest absolute Gasteiger partial charge is 0.303 e. The van der Waals surface area contributed by atoms with Crippen LogP contribution in [0.15, 0.2) is 24.3 Å². The summed E-state index contributed by atoms with van der Waals surface area (Å²) in [6.45, 7) is 4.04. The zero-order valence-electron chi connectivity index (χ0n) is 12.3. The van der Waals surface area contributed by atoms with Crippen molar-refractivity contribution < 1.29 is 28.6 Å². The molecule has 0 amide bonds. The standard InChI is InChI=1S/C15H18O6/c1-10(16)19-8-13-4-6-14(7-5-13)15(21-12(3)18)9-20-11(2)17/h4-7,15H,8-9H2,1-3H3/t15-/m1/s1. The highest BCUT2D eigenvalue weighted by molar-refractivity contribution is 5.67. The lowest BCUT2D eigenvalue weighted by molar-refractivity contribution is -0.156. The lowest BCUT2D eigenvalue weighted by Gasteiger charge is -2.17. The number of hydrogen-bond donors (Lipinski definition) is 0. The van der Waals surface area contributed by atoms with Gasteiger partial charge in [-0.1, -0.05) is 24.3 Å². The first kappa shape index (κ1) is 16.7. The average molecular weight is 294 g/mol. The highest BCUT2D eigenvalue weighted by atomic mass is 16.6. The van der Waals surface area contributed by atoms with Crippen LogP contribution in [0, 0.1) is 0 Å². The third-order valence-corrected chi connectivity index (χ3v) is 2.54. The van der Waals surface area contributed by atoms with Gasteiger partial charge in [-0.3, -0.25) is 14.4 Å². The van der Waals surface area contributed by atoms with Crippen LogP contribution in [0.25, 0.3) is 0 Å². The van der Waals surface area contributed by atoms with E-state index in [1.54, 1.807) is 24.3 Å². The Bertz CT molecular complexity index is 505. The number of benzene rings is 1. The van der Waals surface area contributed by atoms with Crippen molar-refractivity contribution in [3.8, 4) is 0 Å². The number of rotatable bonds is 6. The summed E-state index contributed by atoms with van der Waals surface area (Å²) in [6.07, 6.45) is -0.658. The first-order chi connectivity index (χ1) is 9.88. The Kier molecular flexibility index (Phi) is 6.39. The van der Waals surface area contributed by atoms with E-state index < -0.39 is 18.0 Å². The largest absolute Gasteiger partial charge is 0.462 e. The Morgan fingerprint density at radius 1 is 0.905 bits per heavy atom. The molecule has 0 saturated carbocycles. The van der Waals surface area contributed by atoms with Crippen molar-refractivity contribution in [2.24, 2.45) is 0 Å². The van der Waals surface area contributed by atoms with Gasteiger partial charge in [0.15, 0.2) is 6.10 Å². The lowest BCUT2D eigenvalue weighted by atomic mass is 10.1. The summed E-state index contributed by atoms with van der Waals surface area (Å²) in [5, 5.41) is 0. The minimum Gasteiger partial charge on any atom is -0.462 e. The van der Waals surface area contributed by atoms with E-state index in [1.807, 2.05) is 0 Å². The second-order valence-electron chi connectivity index (χ2n) is 4.42. The summed E-state index contributed by atoms with van der Waals surface area (Å²) in [5.74, 6) is -1.26. The van der Waals surface area contributed by atoms with Gasteiger partial charge >= 0.3 is 17.9 Å².